The van der Waals surface area contributed by atoms with E-state index in [1.54, 1.807) is 14.2 Å². The molecule has 2 unspecified atom stereocenters. The van der Waals surface area contributed by atoms with Crippen molar-refractivity contribution in [3.8, 4) is 11.5 Å². The molecule has 2 atom stereocenters. The van der Waals surface area contributed by atoms with Crippen LogP contribution < -0.4 is 14.8 Å². The summed E-state index contributed by atoms with van der Waals surface area (Å²) in [7, 11) is 5.46. The Morgan fingerprint density at radius 1 is 1.06 bits per heavy atom. The monoisotopic (exact) mass is 249 g/mol. The summed E-state index contributed by atoms with van der Waals surface area (Å²) in [6.45, 7) is 0. The van der Waals surface area contributed by atoms with E-state index >= 15 is 0 Å². The predicted molar refractivity (Wildman–Crippen MR) is 73.6 cm³/mol. The highest BCUT2D eigenvalue weighted by Gasteiger charge is 2.22. The number of hydrogen-bond acceptors (Lipinski definition) is 3. The van der Waals surface area contributed by atoms with E-state index in [4.69, 9.17) is 9.47 Å². The van der Waals surface area contributed by atoms with Crippen LogP contribution in [0, 0.1) is 0 Å². The molecule has 18 heavy (non-hydrogen) atoms. The molecule has 0 saturated heterocycles. The van der Waals surface area contributed by atoms with Gasteiger partial charge in [-0.05, 0) is 49.9 Å². The maximum absolute atomic E-state index is 5.35. The summed E-state index contributed by atoms with van der Waals surface area (Å²) in [5.41, 5.74) is 1.34. The Labute approximate surface area is 109 Å². The molecular formula is C15H23NO2. The molecule has 0 spiro atoms. The van der Waals surface area contributed by atoms with Gasteiger partial charge in [-0.2, -0.15) is 0 Å². The van der Waals surface area contributed by atoms with Crippen LogP contribution in [0.2, 0.25) is 0 Å². The van der Waals surface area contributed by atoms with Crippen molar-refractivity contribution in [2.24, 2.45) is 0 Å². The number of nitrogens with one attached hydrogen (secondary N) is 1. The van der Waals surface area contributed by atoms with Gasteiger partial charge in [-0.15, -0.1) is 0 Å². The fourth-order valence-electron chi connectivity index (χ4n) is 2.82. The van der Waals surface area contributed by atoms with Crippen LogP contribution in [0.3, 0.4) is 0 Å². The van der Waals surface area contributed by atoms with Crippen molar-refractivity contribution in [1.82, 2.24) is 5.32 Å². The molecule has 1 aromatic carbocycles. The van der Waals surface area contributed by atoms with Crippen LogP contribution in [0.1, 0.15) is 37.2 Å². The van der Waals surface area contributed by atoms with Gasteiger partial charge in [-0.25, -0.2) is 0 Å². The Morgan fingerprint density at radius 2 is 1.72 bits per heavy atom. The van der Waals surface area contributed by atoms with Crippen LogP contribution in [0.25, 0.3) is 0 Å². The highest BCUT2D eigenvalue weighted by atomic mass is 16.5. The summed E-state index contributed by atoms with van der Waals surface area (Å²) < 4.78 is 10.7. The van der Waals surface area contributed by atoms with Gasteiger partial charge in [-0.1, -0.05) is 6.42 Å². The lowest BCUT2D eigenvalue weighted by Crippen LogP contribution is -2.30. The number of methoxy groups -OCH3 is 2. The predicted octanol–water partition coefficient (Wildman–Crippen LogP) is 2.95. The Kier molecular flexibility index (Phi) is 4.48. The van der Waals surface area contributed by atoms with Crippen molar-refractivity contribution in [1.29, 1.82) is 0 Å². The molecule has 100 valence electrons. The fraction of sp³-hybridized carbons (Fsp3) is 0.600. The molecule has 0 aromatic heterocycles. The molecule has 1 aliphatic carbocycles. The third kappa shape index (κ3) is 2.96. The Hall–Kier alpha value is -1.22. The Bertz CT molecular complexity index is 370. The Balaban J connectivity index is 2.20. The van der Waals surface area contributed by atoms with E-state index in [9.17, 15) is 0 Å². The largest absolute Gasteiger partial charge is 0.497 e. The number of ether oxygens (including phenoxy) is 2. The van der Waals surface area contributed by atoms with E-state index in [0.717, 1.165) is 11.5 Å². The first-order valence-corrected chi connectivity index (χ1v) is 6.67. The zero-order valence-corrected chi connectivity index (χ0v) is 11.5. The third-order valence-electron chi connectivity index (χ3n) is 3.93. The van der Waals surface area contributed by atoms with Crippen molar-refractivity contribution in [2.45, 2.75) is 37.6 Å². The normalized spacial score (nSPS) is 23.7. The maximum atomic E-state index is 5.35. The third-order valence-corrected chi connectivity index (χ3v) is 3.93. The van der Waals surface area contributed by atoms with Gasteiger partial charge in [0.1, 0.15) is 11.5 Å². The lowest BCUT2D eigenvalue weighted by Gasteiger charge is -2.29. The van der Waals surface area contributed by atoms with Crippen LogP contribution in [0.4, 0.5) is 0 Å². The van der Waals surface area contributed by atoms with Gasteiger partial charge in [0.2, 0.25) is 0 Å². The molecule has 1 N–H and O–H groups in total. The van der Waals surface area contributed by atoms with Gasteiger partial charge in [0.25, 0.3) is 0 Å². The topological polar surface area (TPSA) is 30.5 Å². The second-order valence-corrected chi connectivity index (χ2v) is 5.00. The zero-order chi connectivity index (χ0) is 13.0. The quantitative estimate of drug-likeness (QED) is 0.890. The van der Waals surface area contributed by atoms with E-state index in [0.29, 0.717) is 12.0 Å². The van der Waals surface area contributed by atoms with Crippen molar-refractivity contribution in [3.05, 3.63) is 23.8 Å². The summed E-state index contributed by atoms with van der Waals surface area (Å²) in [5.74, 6) is 2.38. The zero-order valence-electron chi connectivity index (χ0n) is 11.5. The first-order chi connectivity index (χ1) is 8.76. The van der Waals surface area contributed by atoms with Crippen LogP contribution in [-0.4, -0.2) is 27.3 Å². The summed E-state index contributed by atoms with van der Waals surface area (Å²) in [6, 6.07) is 6.86. The minimum Gasteiger partial charge on any atom is -0.497 e. The van der Waals surface area contributed by atoms with Gasteiger partial charge in [-0.3, -0.25) is 0 Å². The molecule has 0 radical (unpaired) electrons. The second kappa shape index (κ2) is 6.10. The van der Waals surface area contributed by atoms with Crippen LogP contribution in [0.15, 0.2) is 18.2 Å². The molecular weight excluding hydrogens is 226 g/mol. The molecule has 0 amide bonds. The highest BCUT2D eigenvalue weighted by molar-refractivity contribution is 5.40. The molecule has 2 rings (SSSR count). The smallest absolute Gasteiger partial charge is 0.122 e. The first kappa shape index (κ1) is 13.2. The highest BCUT2D eigenvalue weighted by Crippen LogP contribution is 2.36. The van der Waals surface area contributed by atoms with Crippen LogP contribution in [0.5, 0.6) is 11.5 Å². The molecule has 0 bridgehead atoms. The van der Waals surface area contributed by atoms with Gasteiger partial charge in [0.05, 0.1) is 14.2 Å². The van der Waals surface area contributed by atoms with Crippen molar-refractivity contribution in [2.75, 3.05) is 21.3 Å². The molecule has 1 fully saturated rings. The molecule has 3 nitrogen and oxygen atoms in total. The van der Waals surface area contributed by atoms with Gasteiger partial charge < -0.3 is 14.8 Å². The average molecular weight is 249 g/mol. The lowest BCUT2D eigenvalue weighted by molar-refractivity contribution is 0.351. The van der Waals surface area contributed by atoms with Crippen molar-refractivity contribution >= 4 is 0 Å². The second-order valence-electron chi connectivity index (χ2n) is 5.00. The SMILES string of the molecule is CNC1CCCC(c2cc(OC)cc(OC)c2)C1. The van der Waals surface area contributed by atoms with E-state index in [1.165, 1.54) is 31.2 Å². The molecule has 1 aromatic rings. The summed E-state index contributed by atoms with van der Waals surface area (Å²) >= 11 is 0. The standard InChI is InChI=1S/C15H23NO2/c1-16-13-6-4-5-11(7-13)12-8-14(17-2)10-15(9-12)18-3/h8-11,13,16H,4-7H2,1-3H3. The summed E-state index contributed by atoms with van der Waals surface area (Å²) in [6.07, 6.45) is 5.03. The number of hydrogen-bond donors (Lipinski definition) is 1. The first-order valence-electron chi connectivity index (χ1n) is 6.67. The van der Waals surface area contributed by atoms with Crippen LogP contribution in [-0.2, 0) is 0 Å². The Morgan fingerprint density at radius 3 is 2.28 bits per heavy atom. The minimum atomic E-state index is 0.611. The summed E-state index contributed by atoms with van der Waals surface area (Å²) in [4.78, 5) is 0. The van der Waals surface area contributed by atoms with Gasteiger partial charge in [0, 0.05) is 12.1 Å². The number of rotatable bonds is 4. The van der Waals surface area contributed by atoms with Gasteiger partial charge in [0.15, 0.2) is 0 Å². The molecule has 0 aliphatic heterocycles. The molecule has 3 heteroatoms. The summed E-state index contributed by atoms with van der Waals surface area (Å²) in [5, 5.41) is 3.40. The van der Waals surface area contributed by atoms with E-state index in [1.807, 2.05) is 6.07 Å². The van der Waals surface area contributed by atoms with Crippen LogP contribution >= 0.6 is 0 Å². The lowest BCUT2D eigenvalue weighted by atomic mass is 9.81. The van der Waals surface area contributed by atoms with Gasteiger partial charge >= 0.3 is 0 Å². The van der Waals surface area contributed by atoms with Crippen molar-refractivity contribution < 1.29 is 9.47 Å². The van der Waals surface area contributed by atoms with E-state index in [-0.39, 0.29) is 0 Å². The average Bonchev–Trinajstić information content (AvgIpc) is 2.46. The number of benzene rings is 1. The fourth-order valence-corrected chi connectivity index (χ4v) is 2.82. The van der Waals surface area contributed by atoms with E-state index in [2.05, 4.69) is 24.5 Å². The van der Waals surface area contributed by atoms with E-state index < -0.39 is 0 Å². The molecule has 1 aliphatic rings. The minimum absolute atomic E-state index is 0.611. The van der Waals surface area contributed by atoms with Crippen molar-refractivity contribution in [3.63, 3.8) is 0 Å². The molecule has 1 saturated carbocycles. The molecule has 0 heterocycles. The maximum Gasteiger partial charge on any atom is 0.122 e.